The summed E-state index contributed by atoms with van der Waals surface area (Å²) in [5.41, 5.74) is 0. The Morgan fingerprint density at radius 3 is 1.79 bits per heavy atom. The minimum absolute atomic E-state index is 0. The van der Waals surface area contributed by atoms with Crippen LogP contribution in [0.25, 0.3) is 0 Å². The molecule has 2 radical (unpaired) electrons. The molecule has 0 amide bonds. The predicted octanol–water partition coefficient (Wildman–Crippen LogP) is -3.74. The number of aliphatic hydroxyl groups excluding tert-OH is 5. The first-order chi connectivity index (χ1) is 6.04. The van der Waals surface area contributed by atoms with Crippen molar-refractivity contribution in [3.63, 3.8) is 0 Å². The van der Waals surface area contributed by atoms with Gasteiger partial charge in [0.1, 0.15) is 18.3 Å². The van der Waals surface area contributed by atoms with Gasteiger partial charge in [-0.15, -0.1) is 0 Å². The standard InChI is InChI=1S/C7H17NO5.Ca/c1-8-2-4(10)6(12)7(13)5(11)3-9;/h4-13H,2-3H2,1H3;/t4-,5+,6+,7+;/m0./s1. The van der Waals surface area contributed by atoms with E-state index in [9.17, 15) is 5.11 Å². The second kappa shape index (κ2) is 9.26. The zero-order chi connectivity index (χ0) is 10.4. The van der Waals surface area contributed by atoms with Crippen LogP contribution in [0.3, 0.4) is 0 Å². The molecule has 0 aliphatic heterocycles. The SMILES string of the molecule is CNC[C@H](O)[C@@H](O)[C@H](O)[C@H](O)CO.[Ca]. The summed E-state index contributed by atoms with van der Waals surface area (Å²) in [6.07, 6.45) is -5.65. The summed E-state index contributed by atoms with van der Waals surface area (Å²) in [7, 11) is 1.57. The molecule has 0 aromatic heterocycles. The van der Waals surface area contributed by atoms with E-state index in [4.69, 9.17) is 20.4 Å². The average molecular weight is 235 g/mol. The summed E-state index contributed by atoms with van der Waals surface area (Å²) >= 11 is 0. The van der Waals surface area contributed by atoms with E-state index in [0.29, 0.717) is 0 Å². The van der Waals surface area contributed by atoms with Gasteiger partial charge in [-0.2, -0.15) is 0 Å². The smallest absolute Gasteiger partial charge is 0.111 e. The first-order valence-electron chi connectivity index (χ1n) is 4.02. The molecule has 0 saturated carbocycles. The van der Waals surface area contributed by atoms with Crippen LogP contribution in [0.1, 0.15) is 0 Å². The molecule has 0 fully saturated rings. The van der Waals surface area contributed by atoms with Crippen LogP contribution in [-0.2, 0) is 0 Å². The predicted molar refractivity (Wildman–Crippen MR) is 50.8 cm³/mol. The van der Waals surface area contributed by atoms with Gasteiger partial charge in [0.15, 0.2) is 0 Å². The molecular weight excluding hydrogens is 218 g/mol. The number of hydrogen-bond acceptors (Lipinski definition) is 6. The Morgan fingerprint density at radius 2 is 1.43 bits per heavy atom. The van der Waals surface area contributed by atoms with E-state index in [2.05, 4.69) is 5.32 Å². The fourth-order valence-electron chi connectivity index (χ4n) is 0.893. The molecule has 0 heterocycles. The van der Waals surface area contributed by atoms with Gasteiger partial charge in [-0.25, -0.2) is 0 Å². The van der Waals surface area contributed by atoms with Crippen LogP contribution in [-0.4, -0.2) is 108 Å². The molecule has 7 heteroatoms. The van der Waals surface area contributed by atoms with Crippen LogP contribution < -0.4 is 5.32 Å². The molecular formula is C7H17CaNO5. The largest absolute Gasteiger partial charge is 0.394 e. The zero-order valence-electron chi connectivity index (χ0n) is 8.17. The number of aliphatic hydroxyl groups is 5. The van der Waals surface area contributed by atoms with Crippen LogP contribution in [0.4, 0.5) is 0 Å². The van der Waals surface area contributed by atoms with Gasteiger partial charge in [0.05, 0.1) is 12.7 Å². The summed E-state index contributed by atoms with van der Waals surface area (Å²) in [6, 6.07) is 0. The summed E-state index contributed by atoms with van der Waals surface area (Å²) in [4.78, 5) is 0. The summed E-state index contributed by atoms with van der Waals surface area (Å²) < 4.78 is 0. The summed E-state index contributed by atoms with van der Waals surface area (Å²) in [5, 5.41) is 47.5. The minimum atomic E-state index is -1.55. The van der Waals surface area contributed by atoms with E-state index in [1.165, 1.54) is 0 Å². The van der Waals surface area contributed by atoms with Gasteiger partial charge in [-0.05, 0) is 7.05 Å². The van der Waals surface area contributed by atoms with Crippen LogP contribution in [0.15, 0.2) is 0 Å². The average Bonchev–Trinajstić information content (AvgIpc) is 2.14. The molecule has 0 unspecified atom stereocenters. The van der Waals surface area contributed by atoms with Crippen molar-refractivity contribution in [1.29, 1.82) is 0 Å². The molecule has 6 nitrogen and oxygen atoms in total. The Labute approximate surface area is 113 Å². The zero-order valence-corrected chi connectivity index (χ0v) is 10.4. The molecule has 0 aliphatic carbocycles. The maximum atomic E-state index is 9.21. The van der Waals surface area contributed by atoms with Gasteiger partial charge in [0.2, 0.25) is 0 Å². The third-order valence-corrected chi connectivity index (χ3v) is 1.74. The molecule has 0 spiro atoms. The molecule has 0 aromatic carbocycles. The molecule has 0 rings (SSSR count). The Bertz CT molecular complexity index is 139. The number of nitrogens with one attached hydrogen (secondary N) is 1. The van der Waals surface area contributed by atoms with Crippen molar-refractivity contribution in [3.05, 3.63) is 0 Å². The van der Waals surface area contributed by atoms with Crippen molar-refractivity contribution in [3.8, 4) is 0 Å². The van der Waals surface area contributed by atoms with Crippen LogP contribution >= 0.6 is 0 Å². The summed E-state index contributed by atoms with van der Waals surface area (Å²) in [5.74, 6) is 0. The first-order valence-corrected chi connectivity index (χ1v) is 4.02. The molecule has 0 aromatic rings. The molecule has 4 atom stereocenters. The molecule has 14 heavy (non-hydrogen) atoms. The maximum Gasteiger partial charge on any atom is 0.111 e. The fourth-order valence-corrected chi connectivity index (χ4v) is 0.893. The Hall–Kier alpha value is 1.02. The van der Waals surface area contributed by atoms with Crippen molar-refractivity contribution >= 4 is 37.7 Å². The number of rotatable bonds is 6. The van der Waals surface area contributed by atoms with E-state index < -0.39 is 31.0 Å². The van der Waals surface area contributed by atoms with Gasteiger partial charge >= 0.3 is 0 Å². The molecule has 82 valence electrons. The first kappa shape index (κ1) is 17.4. The van der Waals surface area contributed by atoms with Gasteiger partial charge in [0.25, 0.3) is 0 Å². The molecule has 6 N–H and O–H groups in total. The minimum Gasteiger partial charge on any atom is -0.394 e. The second-order valence-corrected chi connectivity index (χ2v) is 2.86. The molecule has 0 saturated heterocycles. The topological polar surface area (TPSA) is 113 Å². The van der Waals surface area contributed by atoms with E-state index in [0.717, 1.165) is 0 Å². The molecule has 0 aliphatic rings. The third kappa shape index (κ3) is 5.79. The fraction of sp³-hybridized carbons (Fsp3) is 1.00. The monoisotopic (exact) mass is 235 g/mol. The van der Waals surface area contributed by atoms with Crippen molar-refractivity contribution < 1.29 is 25.5 Å². The van der Waals surface area contributed by atoms with Gasteiger partial charge in [0, 0.05) is 44.3 Å². The van der Waals surface area contributed by atoms with Gasteiger partial charge in [-0.1, -0.05) is 0 Å². The number of hydrogen-bond donors (Lipinski definition) is 6. The van der Waals surface area contributed by atoms with E-state index >= 15 is 0 Å². The number of likely N-dealkylation sites (N-methyl/N-ethyl adjacent to an activating group) is 1. The third-order valence-electron chi connectivity index (χ3n) is 1.74. The van der Waals surface area contributed by atoms with Crippen LogP contribution in [0.5, 0.6) is 0 Å². The van der Waals surface area contributed by atoms with E-state index in [1.807, 2.05) is 0 Å². The Kier molecular flexibility index (Phi) is 11.5. The van der Waals surface area contributed by atoms with Crippen molar-refractivity contribution in [1.82, 2.24) is 5.32 Å². The van der Waals surface area contributed by atoms with E-state index in [-0.39, 0.29) is 44.3 Å². The Morgan fingerprint density at radius 1 is 1.00 bits per heavy atom. The van der Waals surface area contributed by atoms with Gasteiger partial charge < -0.3 is 30.8 Å². The van der Waals surface area contributed by atoms with Gasteiger partial charge in [-0.3, -0.25) is 0 Å². The second-order valence-electron chi connectivity index (χ2n) is 2.86. The normalized spacial score (nSPS) is 19.3. The summed E-state index contributed by atoms with van der Waals surface area (Å²) in [6.45, 7) is -0.569. The van der Waals surface area contributed by atoms with Crippen molar-refractivity contribution in [2.75, 3.05) is 20.2 Å². The van der Waals surface area contributed by atoms with E-state index in [1.54, 1.807) is 7.05 Å². The maximum absolute atomic E-state index is 9.21. The quantitative estimate of drug-likeness (QED) is 0.264. The van der Waals surface area contributed by atoms with Crippen molar-refractivity contribution in [2.45, 2.75) is 24.4 Å². The Balaban J connectivity index is 0. The van der Waals surface area contributed by atoms with Crippen LogP contribution in [0, 0.1) is 0 Å². The van der Waals surface area contributed by atoms with Crippen molar-refractivity contribution in [2.24, 2.45) is 0 Å². The molecule has 0 bridgehead atoms. The van der Waals surface area contributed by atoms with Crippen LogP contribution in [0.2, 0.25) is 0 Å².